The summed E-state index contributed by atoms with van der Waals surface area (Å²) in [7, 11) is 0. The third-order valence-electron chi connectivity index (χ3n) is 0.505. The predicted octanol–water partition coefficient (Wildman–Crippen LogP) is 0.309. The molecule has 1 unspecified atom stereocenters. The van der Waals surface area contributed by atoms with E-state index in [0.717, 1.165) is 0 Å². The van der Waals surface area contributed by atoms with Gasteiger partial charge in [-0.25, -0.2) is 8.60 Å². The molecule has 2 N–H and O–H groups in total. The van der Waals surface area contributed by atoms with E-state index in [1.54, 1.807) is 0 Å². The molecule has 54 valence electrons. The molecule has 0 aliphatic rings. The molecule has 3 nitrogen and oxygen atoms in total. The maximum atomic E-state index is 11.7. The smallest absolute Gasteiger partial charge is 0.247 e. The SMILES string of the molecule is O=S(O)/C(F)=C(/F)CO. The van der Waals surface area contributed by atoms with Gasteiger partial charge in [-0.15, -0.1) is 0 Å². The van der Waals surface area contributed by atoms with Crippen LogP contribution in [0.25, 0.3) is 0 Å². The number of aliphatic hydroxyl groups excluding tert-OH is 1. The first-order valence-corrected chi connectivity index (χ1v) is 2.96. The fourth-order valence-electron chi connectivity index (χ4n) is 0.157. The van der Waals surface area contributed by atoms with Crippen molar-refractivity contribution in [2.75, 3.05) is 6.61 Å². The molecule has 6 heteroatoms. The summed E-state index contributed by atoms with van der Waals surface area (Å²) in [6.07, 6.45) is 0. The van der Waals surface area contributed by atoms with Crippen LogP contribution in [0.3, 0.4) is 0 Å². The largest absolute Gasteiger partial charge is 0.389 e. The van der Waals surface area contributed by atoms with Crippen LogP contribution >= 0.6 is 0 Å². The summed E-state index contributed by atoms with van der Waals surface area (Å²) < 4.78 is 40.8. The number of halogens is 2. The maximum absolute atomic E-state index is 11.7. The van der Waals surface area contributed by atoms with Gasteiger partial charge in [0.05, 0.1) is 6.61 Å². The first-order valence-electron chi connectivity index (χ1n) is 1.85. The fourth-order valence-corrected chi connectivity index (χ4v) is 0.411. The standard InChI is InChI=1S/C3H4F2O3S/c4-2(1-6)3(5)9(7)8/h6H,1H2,(H,7,8)/b3-2+. The van der Waals surface area contributed by atoms with Crippen molar-refractivity contribution in [2.45, 2.75) is 0 Å². The average Bonchev–Trinajstić information content (AvgIpc) is 1.84. The molecule has 0 bridgehead atoms. The molecule has 0 heterocycles. The molecular formula is C3H4F2O3S. The topological polar surface area (TPSA) is 57.5 Å². The van der Waals surface area contributed by atoms with E-state index in [0.29, 0.717) is 0 Å². The molecule has 0 aliphatic carbocycles. The lowest BCUT2D eigenvalue weighted by atomic mass is 10.6. The van der Waals surface area contributed by atoms with Crippen LogP contribution in [0.4, 0.5) is 8.78 Å². The Morgan fingerprint density at radius 2 is 2.00 bits per heavy atom. The van der Waals surface area contributed by atoms with Gasteiger partial charge in [0.1, 0.15) is 0 Å². The first kappa shape index (κ1) is 8.67. The molecule has 0 aromatic heterocycles. The summed E-state index contributed by atoms with van der Waals surface area (Å²) in [6, 6.07) is 0. The van der Waals surface area contributed by atoms with Crippen molar-refractivity contribution < 1.29 is 22.6 Å². The van der Waals surface area contributed by atoms with Gasteiger partial charge in [0, 0.05) is 0 Å². The van der Waals surface area contributed by atoms with Gasteiger partial charge < -0.3 is 9.66 Å². The van der Waals surface area contributed by atoms with E-state index in [1.807, 2.05) is 0 Å². The second-order valence-electron chi connectivity index (χ2n) is 1.09. The predicted molar refractivity (Wildman–Crippen MR) is 27.1 cm³/mol. The normalized spacial score (nSPS) is 16.9. The summed E-state index contributed by atoms with van der Waals surface area (Å²) in [5.41, 5.74) is 0. The van der Waals surface area contributed by atoms with Crippen LogP contribution in [0.2, 0.25) is 0 Å². The summed E-state index contributed by atoms with van der Waals surface area (Å²) in [5, 5.41) is 6.00. The molecule has 0 spiro atoms. The third kappa shape index (κ3) is 2.64. The fraction of sp³-hybridized carbons (Fsp3) is 0.333. The summed E-state index contributed by atoms with van der Waals surface area (Å²) >= 11 is -2.96. The number of hydrogen-bond acceptors (Lipinski definition) is 2. The van der Waals surface area contributed by atoms with E-state index in [-0.39, 0.29) is 0 Å². The van der Waals surface area contributed by atoms with Gasteiger partial charge in [-0.05, 0) is 0 Å². The lowest BCUT2D eigenvalue weighted by Crippen LogP contribution is -1.93. The van der Waals surface area contributed by atoms with Gasteiger partial charge in [0.25, 0.3) is 0 Å². The minimum atomic E-state index is -2.96. The quantitative estimate of drug-likeness (QED) is 0.568. The van der Waals surface area contributed by atoms with Gasteiger partial charge in [-0.2, -0.15) is 4.39 Å². The molecule has 0 fully saturated rings. The zero-order chi connectivity index (χ0) is 7.44. The molecule has 0 saturated heterocycles. The maximum Gasteiger partial charge on any atom is 0.247 e. The number of aliphatic hydroxyl groups is 1. The average molecular weight is 158 g/mol. The second kappa shape index (κ2) is 3.65. The van der Waals surface area contributed by atoms with Crippen LogP contribution in [0.1, 0.15) is 0 Å². The van der Waals surface area contributed by atoms with Crippen LogP contribution in [-0.4, -0.2) is 20.5 Å². The Kier molecular flexibility index (Phi) is 3.52. The molecule has 0 aliphatic heterocycles. The van der Waals surface area contributed by atoms with Crippen LogP contribution in [0, 0.1) is 0 Å². The number of hydrogen-bond donors (Lipinski definition) is 2. The Labute approximate surface area is 52.3 Å². The monoisotopic (exact) mass is 158 g/mol. The zero-order valence-electron chi connectivity index (χ0n) is 4.17. The highest BCUT2D eigenvalue weighted by atomic mass is 32.2. The molecule has 0 aromatic carbocycles. The van der Waals surface area contributed by atoms with Gasteiger partial charge in [-0.3, -0.25) is 0 Å². The molecule has 0 radical (unpaired) electrons. The van der Waals surface area contributed by atoms with E-state index in [2.05, 4.69) is 0 Å². The minimum absolute atomic E-state index is 1.20. The molecule has 0 amide bonds. The number of rotatable bonds is 2. The third-order valence-corrected chi connectivity index (χ3v) is 1.03. The van der Waals surface area contributed by atoms with Crippen LogP contribution in [-0.2, 0) is 11.1 Å². The molecule has 0 aromatic rings. The summed E-state index contributed by atoms with van der Waals surface area (Å²) in [5.74, 6) is -1.61. The highest BCUT2D eigenvalue weighted by molar-refractivity contribution is 7.83. The Bertz CT molecular complexity index is 155. The summed E-state index contributed by atoms with van der Waals surface area (Å²) in [4.78, 5) is 0. The van der Waals surface area contributed by atoms with Crippen molar-refractivity contribution in [3.8, 4) is 0 Å². The van der Waals surface area contributed by atoms with Crippen LogP contribution in [0.15, 0.2) is 11.0 Å². The van der Waals surface area contributed by atoms with Crippen molar-refractivity contribution in [1.29, 1.82) is 0 Å². The van der Waals surface area contributed by atoms with Gasteiger partial charge >= 0.3 is 0 Å². The molecule has 0 saturated carbocycles. The lowest BCUT2D eigenvalue weighted by Gasteiger charge is -1.89. The molecule has 1 atom stereocenters. The van der Waals surface area contributed by atoms with Crippen LogP contribution < -0.4 is 0 Å². The van der Waals surface area contributed by atoms with Gasteiger partial charge in [0.2, 0.25) is 16.2 Å². The van der Waals surface area contributed by atoms with Gasteiger partial charge in [-0.1, -0.05) is 0 Å². The second-order valence-corrected chi connectivity index (χ2v) is 1.94. The Hall–Kier alpha value is -0.330. The Balaban J connectivity index is 4.28. The molecule has 0 rings (SSSR count). The highest BCUT2D eigenvalue weighted by Gasteiger charge is 2.09. The summed E-state index contributed by atoms with van der Waals surface area (Å²) in [6.45, 7) is -1.20. The van der Waals surface area contributed by atoms with Crippen LogP contribution in [0.5, 0.6) is 0 Å². The zero-order valence-corrected chi connectivity index (χ0v) is 4.99. The van der Waals surface area contributed by atoms with Crippen molar-refractivity contribution in [2.24, 2.45) is 0 Å². The van der Waals surface area contributed by atoms with E-state index in [1.165, 1.54) is 0 Å². The van der Waals surface area contributed by atoms with Crippen molar-refractivity contribution in [1.82, 2.24) is 0 Å². The van der Waals surface area contributed by atoms with Crippen molar-refractivity contribution in [3.05, 3.63) is 11.0 Å². The van der Waals surface area contributed by atoms with E-state index < -0.39 is 28.7 Å². The first-order chi connectivity index (χ1) is 4.09. The highest BCUT2D eigenvalue weighted by Crippen LogP contribution is 2.08. The minimum Gasteiger partial charge on any atom is -0.389 e. The van der Waals surface area contributed by atoms with Crippen molar-refractivity contribution >= 4 is 11.1 Å². The van der Waals surface area contributed by atoms with E-state index >= 15 is 0 Å². The lowest BCUT2D eigenvalue weighted by molar-refractivity contribution is 0.291. The molecular weight excluding hydrogens is 154 g/mol. The Morgan fingerprint density at radius 1 is 1.56 bits per heavy atom. The van der Waals surface area contributed by atoms with E-state index in [4.69, 9.17) is 9.66 Å². The van der Waals surface area contributed by atoms with Crippen molar-refractivity contribution in [3.63, 3.8) is 0 Å². The van der Waals surface area contributed by atoms with E-state index in [9.17, 15) is 13.0 Å². The molecule has 9 heavy (non-hydrogen) atoms. The van der Waals surface area contributed by atoms with Gasteiger partial charge in [0.15, 0.2) is 5.83 Å². The Morgan fingerprint density at radius 3 is 2.11 bits per heavy atom.